The Bertz CT molecular complexity index is 711. The van der Waals surface area contributed by atoms with E-state index in [1.54, 1.807) is 25.3 Å². The molecule has 8 nitrogen and oxygen atoms in total. The number of β-lactam (4-membered cyclic amide) rings is 1. The van der Waals surface area contributed by atoms with Crippen LogP contribution in [0.5, 0.6) is 5.75 Å². The van der Waals surface area contributed by atoms with Crippen molar-refractivity contribution >= 4 is 5.91 Å². The van der Waals surface area contributed by atoms with Crippen molar-refractivity contribution in [3.05, 3.63) is 24.0 Å². The minimum Gasteiger partial charge on any atom is -0.493 e. The molecule has 1 aliphatic carbocycles. The number of hydrogen-bond donors (Lipinski definition) is 0. The molecule has 1 aliphatic heterocycles. The summed E-state index contributed by atoms with van der Waals surface area (Å²) in [5.41, 5.74) is -0.371. The molecule has 2 atom stereocenters. The normalized spacial score (nSPS) is 23.3. The summed E-state index contributed by atoms with van der Waals surface area (Å²) in [7, 11) is 3.11. The highest BCUT2D eigenvalue weighted by Gasteiger charge is 2.62. The Hall–Kier alpha value is -1.74. The third-order valence-electron chi connectivity index (χ3n) is 5.69. The molecule has 8 heteroatoms. The van der Waals surface area contributed by atoms with Crippen LogP contribution in [0.25, 0.3) is 0 Å². The monoisotopic (exact) mass is 436 g/mol. The van der Waals surface area contributed by atoms with Gasteiger partial charge >= 0.3 is 0 Å². The average Bonchev–Trinajstić information content (AvgIpc) is 3.57. The molecule has 2 fully saturated rings. The molecule has 0 spiro atoms. The smallest absolute Gasteiger partial charge is 0.259 e. The van der Waals surface area contributed by atoms with E-state index < -0.39 is 5.60 Å². The molecule has 0 aromatic carbocycles. The first-order valence-corrected chi connectivity index (χ1v) is 11.1. The van der Waals surface area contributed by atoms with Gasteiger partial charge in [0, 0.05) is 45.2 Å². The second kappa shape index (κ2) is 11.2. The highest BCUT2D eigenvalue weighted by Crippen LogP contribution is 2.38. The molecule has 174 valence electrons. The number of pyridine rings is 1. The molecule has 1 saturated heterocycles. The molecular weight excluding hydrogens is 400 g/mol. The Balaban J connectivity index is 1.73. The van der Waals surface area contributed by atoms with Crippen molar-refractivity contribution in [3.8, 4) is 5.75 Å². The van der Waals surface area contributed by atoms with Gasteiger partial charge in [-0.2, -0.15) is 0 Å². The molecule has 1 amide bonds. The number of rotatable bonds is 15. The molecule has 1 saturated carbocycles. The van der Waals surface area contributed by atoms with Crippen LogP contribution < -0.4 is 4.74 Å². The lowest BCUT2D eigenvalue weighted by atomic mass is 9.78. The molecular formula is C23H36N2O6. The van der Waals surface area contributed by atoms with Crippen LogP contribution in [0.4, 0.5) is 0 Å². The standard InChI is InChI=1S/C23H36N2O6/c1-17(2)13-29-14-21-23(31-16-28-4,22(26)25(21)15-27-3)12-19-11-20(7-9-24-19)30-10-8-18-5-6-18/h7,9,11,17-18,21H,5-6,8,10,12-16H2,1-4H3/t21-,23+/m0/s1. The van der Waals surface area contributed by atoms with E-state index in [0.717, 1.165) is 23.8 Å². The predicted octanol–water partition coefficient (Wildman–Crippen LogP) is 2.65. The quantitative estimate of drug-likeness (QED) is 0.309. The summed E-state index contributed by atoms with van der Waals surface area (Å²) in [6.07, 6.45) is 5.73. The molecule has 0 N–H and O–H groups in total. The predicted molar refractivity (Wildman–Crippen MR) is 115 cm³/mol. The Morgan fingerprint density at radius 1 is 1.26 bits per heavy atom. The summed E-state index contributed by atoms with van der Waals surface area (Å²) >= 11 is 0. The van der Waals surface area contributed by atoms with Gasteiger partial charge in [-0.15, -0.1) is 0 Å². The first-order valence-electron chi connectivity index (χ1n) is 11.1. The molecule has 0 unspecified atom stereocenters. The van der Waals surface area contributed by atoms with E-state index in [2.05, 4.69) is 18.8 Å². The largest absolute Gasteiger partial charge is 0.493 e. The van der Waals surface area contributed by atoms with Crippen LogP contribution in [0, 0.1) is 11.8 Å². The summed E-state index contributed by atoms with van der Waals surface area (Å²) in [6.45, 7) is 6.03. The third kappa shape index (κ3) is 6.16. The number of amides is 1. The van der Waals surface area contributed by atoms with Gasteiger partial charge in [0.05, 0.1) is 19.3 Å². The van der Waals surface area contributed by atoms with Gasteiger partial charge in [-0.3, -0.25) is 9.78 Å². The maximum absolute atomic E-state index is 13.2. The van der Waals surface area contributed by atoms with E-state index >= 15 is 0 Å². The SMILES string of the molecule is COCO[C@@]1(Cc2cc(OCCC3CC3)ccn2)C(=O)N(COC)[C@H]1COCC(C)C. The fourth-order valence-electron chi connectivity index (χ4n) is 3.87. The van der Waals surface area contributed by atoms with Gasteiger partial charge in [-0.1, -0.05) is 26.7 Å². The lowest BCUT2D eigenvalue weighted by molar-refractivity contribution is -0.240. The Morgan fingerprint density at radius 3 is 2.74 bits per heavy atom. The van der Waals surface area contributed by atoms with Crippen molar-refractivity contribution in [2.45, 2.75) is 51.2 Å². The summed E-state index contributed by atoms with van der Waals surface area (Å²) in [4.78, 5) is 19.3. The van der Waals surface area contributed by atoms with Crippen LogP contribution in [-0.4, -0.2) is 75.0 Å². The van der Waals surface area contributed by atoms with E-state index in [-0.39, 0.29) is 25.5 Å². The van der Waals surface area contributed by atoms with E-state index in [9.17, 15) is 4.79 Å². The first kappa shape index (κ1) is 23.9. The molecule has 1 aromatic rings. The van der Waals surface area contributed by atoms with Gasteiger partial charge in [0.25, 0.3) is 5.91 Å². The fourth-order valence-corrected chi connectivity index (χ4v) is 3.87. The van der Waals surface area contributed by atoms with Crippen LogP contribution in [0.1, 0.15) is 38.8 Å². The van der Waals surface area contributed by atoms with Gasteiger partial charge in [-0.05, 0) is 24.3 Å². The van der Waals surface area contributed by atoms with E-state index in [1.165, 1.54) is 12.8 Å². The number of carbonyl (C=O) groups excluding carboxylic acids is 1. The zero-order valence-electron chi connectivity index (χ0n) is 19.2. The van der Waals surface area contributed by atoms with Gasteiger partial charge < -0.3 is 28.6 Å². The Labute approximate surface area is 185 Å². The summed E-state index contributed by atoms with van der Waals surface area (Å²) in [5, 5.41) is 0. The van der Waals surface area contributed by atoms with Crippen LogP contribution in [0.2, 0.25) is 0 Å². The summed E-state index contributed by atoms with van der Waals surface area (Å²) in [5.74, 6) is 1.83. The highest BCUT2D eigenvalue weighted by molar-refractivity contribution is 5.93. The van der Waals surface area contributed by atoms with E-state index in [4.69, 9.17) is 23.7 Å². The lowest BCUT2D eigenvalue weighted by Crippen LogP contribution is -2.77. The number of carbonyl (C=O) groups is 1. The molecule has 1 aromatic heterocycles. The maximum atomic E-state index is 13.2. The second-order valence-electron chi connectivity index (χ2n) is 8.82. The number of likely N-dealkylation sites (tertiary alicyclic amines) is 1. The third-order valence-corrected chi connectivity index (χ3v) is 5.69. The van der Waals surface area contributed by atoms with Crippen LogP contribution in [0.15, 0.2) is 18.3 Å². The van der Waals surface area contributed by atoms with E-state index in [0.29, 0.717) is 32.2 Å². The second-order valence-corrected chi connectivity index (χ2v) is 8.82. The minimum atomic E-state index is -1.11. The molecule has 0 bridgehead atoms. The highest BCUT2D eigenvalue weighted by atomic mass is 16.7. The van der Waals surface area contributed by atoms with Gasteiger partial charge in [-0.25, -0.2) is 0 Å². The van der Waals surface area contributed by atoms with Crippen molar-refractivity contribution in [1.82, 2.24) is 9.88 Å². The van der Waals surface area contributed by atoms with Gasteiger partial charge in [0.2, 0.25) is 0 Å². The van der Waals surface area contributed by atoms with Gasteiger partial charge in [0.15, 0.2) is 5.60 Å². The fraction of sp³-hybridized carbons (Fsp3) is 0.739. The van der Waals surface area contributed by atoms with Crippen molar-refractivity contribution < 1.29 is 28.5 Å². The molecule has 2 heterocycles. The zero-order chi connectivity index (χ0) is 22.3. The zero-order valence-corrected chi connectivity index (χ0v) is 19.2. The van der Waals surface area contributed by atoms with Crippen LogP contribution in [0.3, 0.4) is 0 Å². The van der Waals surface area contributed by atoms with Crippen LogP contribution >= 0.6 is 0 Å². The van der Waals surface area contributed by atoms with Crippen molar-refractivity contribution in [3.63, 3.8) is 0 Å². The number of hydrogen-bond acceptors (Lipinski definition) is 7. The average molecular weight is 437 g/mol. The number of aromatic nitrogens is 1. The number of nitrogens with zero attached hydrogens (tertiary/aromatic N) is 2. The molecule has 0 radical (unpaired) electrons. The lowest BCUT2D eigenvalue weighted by Gasteiger charge is -2.54. The van der Waals surface area contributed by atoms with Crippen molar-refractivity contribution in [2.75, 3.05) is 47.6 Å². The summed E-state index contributed by atoms with van der Waals surface area (Å²) < 4.78 is 28.2. The Morgan fingerprint density at radius 2 is 2.06 bits per heavy atom. The minimum absolute atomic E-state index is 0.00478. The summed E-state index contributed by atoms with van der Waals surface area (Å²) in [6, 6.07) is 3.45. The Kier molecular flexibility index (Phi) is 8.66. The molecule has 2 aliphatic rings. The van der Waals surface area contributed by atoms with Crippen LogP contribution in [-0.2, 0) is 30.2 Å². The van der Waals surface area contributed by atoms with Crippen molar-refractivity contribution in [1.29, 1.82) is 0 Å². The van der Waals surface area contributed by atoms with E-state index in [1.807, 2.05) is 12.1 Å². The maximum Gasteiger partial charge on any atom is 0.259 e. The topological polar surface area (TPSA) is 79.4 Å². The van der Waals surface area contributed by atoms with Crippen molar-refractivity contribution in [2.24, 2.45) is 11.8 Å². The number of ether oxygens (including phenoxy) is 5. The van der Waals surface area contributed by atoms with Gasteiger partial charge in [0.1, 0.15) is 19.3 Å². The first-order chi connectivity index (χ1) is 15.0. The molecule has 31 heavy (non-hydrogen) atoms. The number of methoxy groups -OCH3 is 2. The molecule has 3 rings (SSSR count).